The highest BCUT2D eigenvalue weighted by Gasteiger charge is 2.51. The van der Waals surface area contributed by atoms with Gasteiger partial charge in [0.05, 0.1) is 4.92 Å². The lowest BCUT2D eigenvalue weighted by Gasteiger charge is -2.57. The summed E-state index contributed by atoms with van der Waals surface area (Å²) in [5, 5.41) is 13.7. The second kappa shape index (κ2) is 12.5. The van der Waals surface area contributed by atoms with E-state index in [1.54, 1.807) is 17.7 Å². The molecule has 40 heavy (non-hydrogen) atoms. The van der Waals surface area contributed by atoms with Crippen molar-refractivity contribution in [2.75, 3.05) is 57.7 Å². The zero-order valence-corrected chi connectivity index (χ0v) is 23.9. The minimum Gasteiger partial charge on any atom is -0.322 e. The number of nitro benzene ring substituents is 1. The van der Waals surface area contributed by atoms with E-state index in [1.165, 1.54) is 30.5 Å². The number of piperazine rings is 1. The molecule has 0 aromatic heterocycles. The monoisotopic (exact) mass is 545 g/mol. The van der Waals surface area contributed by atoms with Crippen molar-refractivity contribution in [3.05, 3.63) is 81.9 Å². The minimum atomic E-state index is -0.440. The van der Waals surface area contributed by atoms with E-state index < -0.39 is 4.92 Å². The van der Waals surface area contributed by atoms with Crippen LogP contribution in [0.15, 0.2) is 66.2 Å². The van der Waals surface area contributed by atoms with Gasteiger partial charge in [0.1, 0.15) is 0 Å². The number of rotatable bonds is 11. The van der Waals surface area contributed by atoms with Crippen LogP contribution in [-0.2, 0) is 6.42 Å². The Morgan fingerprint density at radius 2 is 1.77 bits per heavy atom. The third kappa shape index (κ3) is 6.73. The first kappa shape index (κ1) is 28.3. The molecule has 1 heterocycles. The molecular weight excluding hydrogens is 502 g/mol. The predicted octanol–water partition coefficient (Wildman–Crippen LogP) is 5.67. The molecule has 2 unspecified atom stereocenters. The van der Waals surface area contributed by atoms with Crippen LogP contribution in [0.4, 0.5) is 16.2 Å². The van der Waals surface area contributed by atoms with Crippen molar-refractivity contribution >= 4 is 17.4 Å². The van der Waals surface area contributed by atoms with Gasteiger partial charge in [0.25, 0.3) is 5.69 Å². The molecule has 6 rings (SSSR count). The van der Waals surface area contributed by atoms with Crippen molar-refractivity contribution in [3.8, 4) is 0 Å². The number of non-ortho nitro benzene ring substituents is 1. The van der Waals surface area contributed by atoms with Crippen LogP contribution in [0.5, 0.6) is 0 Å². The SMILES string of the molecule is CC1(C)C2CC=C(CN(CCCc3ccccc3)CCN3CCN(C(=O)Nc4ccc([N+](=O)[O-])cc4)CC3)C1C2. The molecular formula is C32H43N5O3. The number of nitrogens with zero attached hydrogens (tertiary/aromatic N) is 4. The summed E-state index contributed by atoms with van der Waals surface area (Å²) in [6, 6.07) is 16.6. The first-order valence-corrected chi connectivity index (χ1v) is 14.8. The number of hydrogen-bond acceptors (Lipinski definition) is 5. The maximum atomic E-state index is 12.8. The Kier molecular flexibility index (Phi) is 8.86. The number of allylic oxidation sites excluding steroid dienone is 1. The van der Waals surface area contributed by atoms with Gasteiger partial charge in [-0.1, -0.05) is 55.8 Å². The van der Waals surface area contributed by atoms with E-state index in [1.807, 2.05) is 4.90 Å². The van der Waals surface area contributed by atoms with Gasteiger partial charge in [-0.15, -0.1) is 0 Å². The second-order valence-corrected chi connectivity index (χ2v) is 12.2. The Labute approximate surface area is 238 Å². The van der Waals surface area contributed by atoms with Gasteiger partial charge in [0, 0.05) is 63.6 Å². The van der Waals surface area contributed by atoms with E-state index in [0.717, 1.165) is 63.9 Å². The zero-order valence-electron chi connectivity index (χ0n) is 23.9. The lowest BCUT2D eigenvalue weighted by molar-refractivity contribution is -0.384. The second-order valence-electron chi connectivity index (χ2n) is 12.2. The van der Waals surface area contributed by atoms with Crippen LogP contribution in [0.25, 0.3) is 0 Å². The van der Waals surface area contributed by atoms with E-state index in [2.05, 4.69) is 65.4 Å². The molecule has 0 spiro atoms. The lowest BCUT2D eigenvalue weighted by atomic mass is 9.49. The Hall–Kier alpha value is -3.23. The summed E-state index contributed by atoms with van der Waals surface area (Å²) in [7, 11) is 0. The van der Waals surface area contributed by atoms with Crippen molar-refractivity contribution in [2.24, 2.45) is 17.3 Å². The van der Waals surface area contributed by atoms with Crippen LogP contribution in [0, 0.1) is 27.4 Å². The Morgan fingerprint density at radius 3 is 2.42 bits per heavy atom. The molecule has 2 aromatic carbocycles. The molecule has 3 aliphatic carbocycles. The van der Waals surface area contributed by atoms with E-state index in [4.69, 9.17) is 0 Å². The number of benzene rings is 2. The number of anilines is 1. The molecule has 2 bridgehead atoms. The van der Waals surface area contributed by atoms with Crippen molar-refractivity contribution in [1.82, 2.24) is 14.7 Å². The van der Waals surface area contributed by atoms with Crippen molar-refractivity contribution in [2.45, 2.75) is 39.5 Å². The fourth-order valence-electron chi connectivity index (χ4n) is 6.66. The normalized spacial score (nSPS) is 22.0. The third-order valence-electron chi connectivity index (χ3n) is 9.49. The van der Waals surface area contributed by atoms with Crippen LogP contribution in [0.1, 0.15) is 38.7 Å². The summed E-state index contributed by atoms with van der Waals surface area (Å²) in [4.78, 5) is 30.1. The molecule has 8 nitrogen and oxygen atoms in total. The molecule has 2 atom stereocenters. The number of carbonyl (C=O) groups excluding carboxylic acids is 1. The van der Waals surface area contributed by atoms with Crippen LogP contribution in [-0.4, -0.2) is 78.0 Å². The van der Waals surface area contributed by atoms with E-state index in [-0.39, 0.29) is 11.7 Å². The highest BCUT2D eigenvalue weighted by molar-refractivity contribution is 5.89. The summed E-state index contributed by atoms with van der Waals surface area (Å²) in [6.45, 7) is 12.2. The standard InChI is InChI=1S/C32H43N5O3/c1-32(2)27-11-10-26(30(32)23-27)24-35(16-6-9-25-7-4-3-5-8-25)18-17-34-19-21-36(22-20-34)31(38)33-28-12-14-29(15-13-28)37(39)40/h3-5,7-8,10,12-15,27,30H,6,9,11,16-24H2,1-2H3,(H,33,38). The summed E-state index contributed by atoms with van der Waals surface area (Å²) >= 11 is 0. The molecule has 2 amide bonds. The number of nitrogens with one attached hydrogen (secondary N) is 1. The Bertz CT molecular complexity index is 1190. The largest absolute Gasteiger partial charge is 0.322 e. The van der Waals surface area contributed by atoms with Crippen LogP contribution in [0.3, 0.4) is 0 Å². The molecule has 4 aliphatic rings. The zero-order chi connectivity index (χ0) is 28.1. The number of nitro groups is 1. The molecule has 8 heteroatoms. The average molecular weight is 546 g/mol. The van der Waals surface area contributed by atoms with Crippen molar-refractivity contribution in [1.29, 1.82) is 0 Å². The fraction of sp³-hybridized carbons (Fsp3) is 0.531. The van der Waals surface area contributed by atoms with E-state index in [0.29, 0.717) is 24.2 Å². The number of hydrogen-bond donors (Lipinski definition) is 1. The number of aryl methyl sites for hydroxylation is 1. The van der Waals surface area contributed by atoms with Crippen LogP contribution < -0.4 is 5.32 Å². The lowest BCUT2D eigenvalue weighted by Crippen LogP contribution is -2.52. The smallest absolute Gasteiger partial charge is 0.321 e. The van der Waals surface area contributed by atoms with Gasteiger partial charge in [-0.3, -0.25) is 19.9 Å². The first-order valence-electron chi connectivity index (χ1n) is 14.8. The van der Waals surface area contributed by atoms with E-state index >= 15 is 0 Å². The highest BCUT2D eigenvalue weighted by Crippen LogP contribution is 2.59. The molecule has 1 saturated heterocycles. The predicted molar refractivity (Wildman–Crippen MR) is 159 cm³/mol. The van der Waals surface area contributed by atoms with Crippen LogP contribution >= 0.6 is 0 Å². The molecule has 214 valence electrons. The summed E-state index contributed by atoms with van der Waals surface area (Å²) < 4.78 is 0. The van der Waals surface area contributed by atoms with Gasteiger partial charge >= 0.3 is 6.03 Å². The topological polar surface area (TPSA) is 82.0 Å². The number of carbonyl (C=O) groups is 1. The molecule has 1 aliphatic heterocycles. The molecule has 0 radical (unpaired) electrons. The minimum absolute atomic E-state index is 0.0149. The van der Waals surface area contributed by atoms with Crippen LogP contribution in [0.2, 0.25) is 0 Å². The first-order chi connectivity index (χ1) is 19.3. The van der Waals surface area contributed by atoms with Crippen molar-refractivity contribution < 1.29 is 9.72 Å². The number of amides is 2. The molecule has 2 fully saturated rings. The molecule has 2 aromatic rings. The van der Waals surface area contributed by atoms with Gasteiger partial charge in [0.2, 0.25) is 0 Å². The fourth-order valence-corrected chi connectivity index (χ4v) is 6.66. The molecule has 1 N–H and O–H groups in total. The van der Waals surface area contributed by atoms with Gasteiger partial charge in [-0.25, -0.2) is 4.79 Å². The van der Waals surface area contributed by atoms with Gasteiger partial charge in [0.15, 0.2) is 0 Å². The maximum absolute atomic E-state index is 12.8. The average Bonchev–Trinajstić information content (AvgIpc) is 2.97. The van der Waals surface area contributed by atoms with Gasteiger partial charge < -0.3 is 10.2 Å². The van der Waals surface area contributed by atoms with Gasteiger partial charge in [-0.2, -0.15) is 0 Å². The highest BCUT2D eigenvalue weighted by atomic mass is 16.6. The molecule has 1 saturated carbocycles. The van der Waals surface area contributed by atoms with Gasteiger partial charge in [-0.05, 0) is 67.2 Å². The maximum Gasteiger partial charge on any atom is 0.321 e. The van der Waals surface area contributed by atoms with E-state index in [9.17, 15) is 14.9 Å². The summed E-state index contributed by atoms with van der Waals surface area (Å²) in [5.41, 5.74) is 4.10. The Morgan fingerprint density at radius 1 is 1.05 bits per heavy atom. The Balaban J connectivity index is 1.10. The summed E-state index contributed by atoms with van der Waals surface area (Å²) in [6.07, 6.45) is 7.40. The third-order valence-corrected chi connectivity index (χ3v) is 9.49. The quantitative estimate of drug-likeness (QED) is 0.223. The van der Waals surface area contributed by atoms with Crippen molar-refractivity contribution in [3.63, 3.8) is 0 Å². The summed E-state index contributed by atoms with van der Waals surface area (Å²) in [5.74, 6) is 1.60. The number of fused-ring (bicyclic) bond motifs is 1. The number of urea groups is 1.